The zero-order valence-electron chi connectivity index (χ0n) is 8.20. The summed E-state index contributed by atoms with van der Waals surface area (Å²) in [6, 6.07) is 0. The highest BCUT2D eigenvalue weighted by atomic mass is 15.3. The fourth-order valence-corrected chi connectivity index (χ4v) is 1.16. The number of aliphatic imine (C=N–C) groups is 1. The Morgan fingerprint density at radius 1 is 1.62 bits per heavy atom. The molecule has 0 saturated heterocycles. The molecular weight excluding hydrogens is 164 g/mol. The maximum absolute atomic E-state index is 4.24. The third kappa shape index (κ3) is 1.77. The molecule has 0 unspecified atom stereocenters. The summed E-state index contributed by atoms with van der Waals surface area (Å²) in [5, 5.41) is 7.24. The van der Waals surface area contributed by atoms with Crippen LogP contribution in [0.25, 0.3) is 0 Å². The van der Waals surface area contributed by atoms with E-state index in [1.807, 2.05) is 21.0 Å². The summed E-state index contributed by atoms with van der Waals surface area (Å²) in [6.07, 6.45) is 3.30. The van der Waals surface area contributed by atoms with E-state index in [1.165, 1.54) is 0 Å². The summed E-state index contributed by atoms with van der Waals surface area (Å²) in [5.41, 5.74) is 1.04. The SMILES string of the molecule is C=C/C=N\c1c(C)c(NC)nn1C. The second-order valence-corrected chi connectivity index (χ2v) is 2.68. The molecule has 4 nitrogen and oxygen atoms in total. The average molecular weight is 178 g/mol. The van der Waals surface area contributed by atoms with Gasteiger partial charge in [0.2, 0.25) is 0 Å². The van der Waals surface area contributed by atoms with Gasteiger partial charge in [-0.3, -0.25) is 0 Å². The summed E-state index contributed by atoms with van der Waals surface area (Å²) >= 11 is 0. The second kappa shape index (κ2) is 3.89. The number of nitrogens with one attached hydrogen (secondary N) is 1. The molecule has 0 bridgehead atoms. The second-order valence-electron chi connectivity index (χ2n) is 2.68. The number of nitrogens with zero attached hydrogens (tertiary/aromatic N) is 3. The number of aromatic nitrogens is 2. The van der Waals surface area contributed by atoms with Gasteiger partial charge in [0.15, 0.2) is 11.6 Å². The van der Waals surface area contributed by atoms with Gasteiger partial charge in [0, 0.05) is 25.9 Å². The van der Waals surface area contributed by atoms with E-state index in [2.05, 4.69) is 22.0 Å². The summed E-state index contributed by atoms with van der Waals surface area (Å²) < 4.78 is 1.74. The molecule has 1 heterocycles. The van der Waals surface area contributed by atoms with Crippen LogP contribution in [0.1, 0.15) is 5.56 Å². The van der Waals surface area contributed by atoms with Gasteiger partial charge in [-0.05, 0) is 6.92 Å². The highest BCUT2D eigenvalue weighted by Crippen LogP contribution is 2.23. The molecule has 13 heavy (non-hydrogen) atoms. The molecule has 4 heteroatoms. The summed E-state index contributed by atoms with van der Waals surface area (Å²) in [4.78, 5) is 4.21. The van der Waals surface area contributed by atoms with Gasteiger partial charge in [-0.15, -0.1) is 0 Å². The number of rotatable bonds is 3. The van der Waals surface area contributed by atoms with Gasteiger partial charge >= 0.3 is 0 Å². The van der Waals surface area contributed by atoms with Gasteiger partial charge in [0.25, 0.3) is 0 Å². The largest absolute Gasteiger partial charge is 0.371 e. The monoisotopic (exact) mass is 178 g/mol. The Bertz CT molecular complexity index is 336. The smallest absolute Gasteiger partial charge is 0.155 e. The molecule has 0 aromatic carbocycles. The van der Waals surface area contributed by atoms with Crippen molar-refractivity contribution in [3.8, 4) is 0 Å². The van der Waals surface area contributed by atoms with Crippen molar-refractivity contribution in [3.63, 3.8) is 0 Å². The molecule has 0 aliphatic carbocycles. The van der Waals surface area contributed by atoms with E-state index in [0.717, 1.165) is 17.2 Å². The highest BCUT2D eigenvalue weighted by molar-refractivity contribution is 5.74. The van der Waals surface area contributed by atoms with Crippen LogP contribution in [0, 0.1) is 6.92 Å². The molecule has 0 amide bonds. The molecule has 0 aliphatic rings. The van der Waals surface area contributed by atoms with Crippen molar-refractivity contribution < 1.29 is 0 Å². The van der Waals surface area contributed by atoms with E-state index >= 15 is 0 Å². The molecule has 0 aliphatic heterocycles. The standard InChI is InChI=1S/C9H14N4/c1-5-6-11-9-7(2)8(10-3)12-13(9)4/h5-6H,1H2,2-4H3,(H,10,12)/b11-6-. The van der Waals surface area contributed by atoms with Crippen molar-refractivity contribution in [1.29, 1.82) is 0 Å². The van der Waals surface area contributed by atoms with E-state index < -0.39 is 0 Å². The third-order valence-electron chi connectivity index (χ3n) is 1.79. The predicted molar refractivity (Wildman–Crippen MR) is 55.8 cm³/mol. The van der Waals surface area contributed by atoms with Gasteiger partial charge < -0.3 is 5.32 Å². The Kier molecular flexibility index (Phi) is 2.84. The topological polar surface area (TPSA) is 42.2 Å². The Labute approximate surface area is 78.0 Å². The van der Waals surface area contributed by atoms with Gasteiger partial charge in [-0.2, -0.15) is 5.10 Å². The van der Waals surface area contributed by atoms with Crippen molar-refractivity contribution in [2.24, 2.45) is 12.0 Å². The van der Waals surface area contributed by atoms with Gasteiger partial charge in [0.1, 0.15) is 0 Å². The predicted octanol–water partition coefficient (Wildman–Crippen LogP) is 1.66. The van der Waals surface area contributed by atoms with Crippen molar-refractivity contribution >= 4 is 17.9 Å². The lowest BCUT2D eigenvalue weighted by atomic mass is 10.3. The first-order valence-corrected chi connectivity index (χ1v) is 4.07. The fourth-order valence-electron chi connectivity index (χ4n) is 1.16. The number of hydrogen-bond donors (Lipinski definition) is 1. The van der Waals surface area contributed by atoms with Gasteiger partial charge in [0.05, 0.1) is 0 Å². The van der Waals surface area contributed by atoms with Crippen LogP contribution in [0.2, 0.25) is 0 Å². The number of aryl methyl sites for hydroxylation is 1. The molecule has 0 saturated carbocycles. The Balaban J connectivity index is 3.12. The van der Waals surface area contributed by atoms with Crippen molar-refractivity contribution in [1.82, 2.24) is 9.78 Å². The summed E-state index contributed by atoms with van der Waals surface area (Å²) in [6.45, 7) is 5.55. The zero-order valence-corrected chi connectivity index (χ0v) is 8.20. The lowest BCUT2D eigenvalue weighted by molar-refractivity contribution is 0.773. The molecule has 0 fully saturated rings. The van der Waals surface area contributed by atoms with Crippen LogP contribution in [-0.2, 0) is 7.05 Å². The van der Waals surface area contributed by atoms with E-state index in [4.69, 9.17) is 0 Å². The molecule has 1 aromatic rings. The first-order valence-electron chi connectivity index (χ1n) is 4.07. The number of allylic oxidation sites excluding steroid dienone is 1. The van der Waals surface area contributed by atoms with Crippen LogP contribution < -0.4 is 5.32 Å². The van der Waals surface area contributed by atoms with Crippen LogP contribution in [-0.4, -0.2) is 23.0 Å². The van der Waals surface area contributed by atoms with Crippen molar-refractivity contribution in [2.45, 2.75) is 6.92 Å². The fraction of sp³-hybridized carbons (Fsp3) is 0.333. The minimum atomic E-state index is 0.851. The quantitative estimate of drug-likeness (QED) is 0.715. The van der Waals surface area contributed by atoms with Crippen LogP contribution in [0.5, 0.6) is 0 Å². The lowest BCUT2D eigenvalue weighted by Crippen LogP contribution is -1.92. The summed E-state index contributed by atoms with van der Waals surface area (Å²) in [7, 11) is 3.71. The molecule has 1 aromatic heterocycles. The van der Waals surface area contributed by atoms with Crippen molar-refractivity contribution in [2.75, 3.05) is 12.4 Å². The van der Waals surface area contributed by atoms with Gasteiger partial charge in [-0.1, -0.05) is 12.7 Å². The maximum atomic E-state index is 4.24. The van der Waals surface area contributed by atoms with Crippen molar-refractivity contribution in [3.05, 3.63) is 18.2 Å². The van der Waals surface area contributed by atoms with E-state index in [9.17, 15) is 0 Å². The molecule has 0 radical (unpaired) electrons. The zero-order chi connectivity index (χ0) is 9.84. The van der Waals surface area contributed by atoms with Crippen LogP contribution in [0.3, 0.4) is 0 Å². The maximum Gasteiger partial charge on any atom is 0.155 e. The first-order chi connectivity index (χ1) is 6.20. The average Bonchev–Trinajstić information content (AvgIpc) is 2.39. The molecule has 0 atom stereocenters. The molecule has 70 valence electrons. The minimum absolute atomic E-state index is 0.851. The highest BCUT2D eigenvalue weighted by Gasteiger charge is 2.08. The molecular formula is C9H14N4. The van der Waals surface area contributed by atoms with E-state index in [1.54, 1.807) is 17.0 Å². The molecule has 1 N–H and O–H groups in total. The molecule has 0 spiro atoms. The summed E-state index contributed by atoms with van der Waals surface area (Å²) in [5.74, 6) is 1.71. The number of hydrogen-bond acceptors (Lipinski definition) is 3. The van der Waals surface area contributed by atoms with Gasteiger partial charge in [-0.25, -0.2) is 9.67 Å². The van der Waals surface area contributed by atoms with Crippen LogP contribution in [0.15, 0.2) is 17.6 Å². The van der Waals surface area contributed by atoms with E-state index in [0.29, 0.717) is 0 Å². The number of anilines is 1. The Morgan fingerprint density at radius 2 is 2.31 bits per heavy atom. The normalized spacial score (nSPS) is 10.7. The first kappa shape index (κ1) is 9.51. The Hall–Kier alpha value is -1.58. The van der Waals surface area contributed by atoms with E-state index in [-0.39, 0.29) is 0 Å². The van der Waals surface area contributed by atoms with Crippen LogP contribution in [0.4, 0.5) is 11.6 Å². The lowest BCUT2D eigenvalue weighted by Gasteiger charge is -1.94. The third-order valence-corrected chi connectivity index (χ3v) is 1.79. The Morgan fingerprint density at radius 3 is 2.77 bits per heavy atom. The minimum Gasteiger partial charge on any atom is -0.371 e. The molecule has 1 rings (SSSR count). The van der Waals surface area contributed by atoms with Crippen LogP contribution >= 0.6 is 0 Å².